The first kappa shape index (κ1) is 22.3. The van der Waals surface area contributed by atoms with Crippen LogP contribution in [-0.2, 0) is 21.2 Å². The lowest BCUT2D eigenvalue weighted by atomic mass is 10.1. The topological polar surface area (TPSA) is 93.7 Å². The Bertz CT molecular complexity index is 1120. The summed E-state index contributed by atoms with van der Waals surface area (Å²) in [6, 6.07) is 21.1. The molecule has 0 fully saturated rings. The van der Waals surface area contributed by atoms with Crippen LogP contribution in [0.15, 0.2) is 83.8 Å². The molecule has 3 rings (SSSR count). The first-order chi connectivity index (χ1) is 14.9. The van der Waals surface area contributed by atoms with Crippen LogP contribution in [0.1, 0.15) is 5.56 Å². The molecule has 1 atom stereocenters. The second-order valence-electron chi connectivity index (χ2n) is 6.74. The maximum absolute atomic E-state index is 13.1. The molecule has 0 aliphatic heterocycles. The van der Waals surface area contributed by atoms with Crippen LogP contribution in [0.5, 0.6) is 11.5 Å². The van der Waals surface area contributed by atoms with Crippen LogP contribution in [-0.4, -0.2) is 34.6 Å². The van der Waals surface area contributed by atoms with E-state index in [4.69, 9.17) is 9.47 Å². The molecule has 31 heavy (non-hydrogen) atoms. The standard InChI is InChI=1S/C23H24N2O5S/c1-29-21-14-13-18(16-22(21)30-2)24-23(26)20(15-17-9-5-3-6-10-17)25-31(27,28)19-11-7-4-8-12-19/h3-14,16,20,25H,15H2,1-2H3,(H,24,26)/t20-/m1/s1. The number of methoxy groups -OCH3 is 2. The minimum atomic E-state index is -3.90. The van der Waals surface area contributed by atoms with Crippen molar-refractivity contribution in [2.75, 3.05) is 19.5 Å². The summed E-state index contributed by atoms with van der Waals surface area (Å²) in [5.74, 6) is 0.478. The molecule has 0 aliphatic carbocycles. The fourth-order valence-electron chi connectivity index (χ4n) is 3.04. The van der Waals surface area contributed by atoms with E-state index in [1.165, 1.54) is 26.4 Å². The Morgan fingerprint density at radius 1 is 0.871 bits per heavy atom. The Hall–Kier alpha value is -3.36. The van der Waals surface area contributed by atoms with Gasteiger partial charge in [0.2, 0.25) is 15.9 Å². The molecule has 3 aromatic carbocycles. The Balaban J connectivity index is 1.86. The van der Waals surface area contributed by atoms with Gasteiger partial charge in [0.05, 0.1) is 19.1 Å². The zero-order valence-electron chi connectivity index (χ0n) is 17.2. The van der Waals surface area contributed by atoms with E-state index in [0.717, 1.165) is 5.56 Å². The number of sulfonamides is 1. The second-order valence-corrected chi connectivity index (χ2v) is 8.45. The summed E-state index contributed by atoms with van der Waals surface area (Å²) in [6.07, 6.45) is 0.187. The van der Waals surface area contributed by atoms with Gasteiger partial charge in [0.15, 0.2) is 11.5 Å². The summed E-state index contributed by atoms with van der Waals surface area (Å²) in [5, 5.41) is 2.76. The average molecular weight is 441 g/mol. The molecule has 0 unspecified atom stereocenters. The highest BCUT2D eigenvalue weighted by Gasteiger charge is 2.26. The fraction of sp³-hybridized carbons (Fsp3) is 0.174. The number of benzene rings is 3. The molecule has 0 heterocycles. The number of carbonyl (C=O) groups excluding carboxylic acids is 1. The molecule has 2 N–H and O–H groups in total. The molecule has 0 aromatic heterocycles. The largest absolute Gasteiger partial charge is 0.493 e. The summed E-state index contributed by atoms with van der Waals surface area (Å²) in [4.78, 5) is 13.2. The number of hydrogen-bond donors (Lipinski definition) is 2. The van der Waals surface area contributed by atoms with Gasteiger partial charge < -0.3 is 14.8 Å². The number of amides is 1. The highest BCUT2D eigenvalue weighted by Crippen LogP contribution is 2.29. The zero-order valence-corrected chi connectivity index (χ0v) is 18.1. The predicted octanol–water partition coefficient (Wildman–Crippen LogP) is 3.23. The van der Waals surface area contributed by atoms with Crippen molar-refractivity contribution in [2.45, 2.75) is 17.4 Å². The van der Waals surface area contributed by atoms with E-state index < -0.39 is 22.0 Å². The molecule has 3 aromatic rings. The second kappa shape index (κ2) is 10.1. The van der Waals surface area contributed by atoms with E-state index in [1.807, 2.05) is 30.3 Å². The Labute approximate surface area is 182 Å². The van der Waals surface area contributed by atoms with Gasteiger partial charge in [-0.3, -0.25) is 4.79 Å². The van der Waals surface area contributed by atoms with Gasteiger partial charge in [-0.15, -0.1) is 0 Å². The number of anilines is 1. The molecule has 0 bridgehead atoms. The van der Waals surface area contributed by atoms with Gasteiger partial charge in [0.1, 0.15) is 6.04 Å². The summed E-state index contributed by atoms with van der Waals surface area (Å²) < 4.78 is 38.7. The first-order valence-corrected chi connectivity index (χ1v) is 11.1. The van der Waals surface area contributed by atoms with Crippen molar-refractivity contribution < 1.29 is 22.7 Å². The number of carbonyl (C=O) groups is 1. The number of nitrogens with one attached hydrogen (secondary N) is 2. The third-order valence-corrected chi connectivity index (χ3v) is 6.09. The number of hydrogen-bond acceptors (Lipinski definition) is 5. The van der Waals surface area contributed by atoms with Crippen molar-refractivity contribution >= 4 is 21.6 Å². The molecule has 162 valence electrons. The van der Waals surface area contributed by atoms with Crippen molar-refractivity contribution in [1.82, 2.24) is 4.72 Å². The van der Waals surface area contributed by atoms with E-state index in [1.54, 1.807) is 36.4 Å². The van der Waals surface area contributed by atoms with Crippen molar-refractivity contribution in [1.29, 1.82) is 0 Å². The lowest BCUT2D eigenvalue weighted by Gasteiger charge is -2.19. The third kappa shape index (κ3) is 5.84. The fourth-order valence-corrected chi connectivity index (χ4v) is 4.25. The lowest BCUT2D eigenvalue weighted by molar-refractivity contribution is -0.117. The van der Waals surface area contributed by atoms with Crippen molar-refractivity contribution in [3.63, 3.8) is 0 Å². The van der Waals surface area contributed by atoms with Crippen molar-refractivity contribution in [3.05, 3.63) is 84.4 Å². The van der Waals surface area contributed by atoms with E-state index in [9.17, 15) is 13.2 Å². The summed E-state index contributed by atoms with van der Waals surface area (Å²) in [7, 11) is -0.882. The average Bonchev–Trinajstić information content (AvgIpc) is 2.79. The predicted molar refractivity (Wildman–Crippen MR) is 119 cm³/mol. The number of rotatable bonds is 9. The molecule has 0 radical (unpaired) electrons. The molecular formula is C23H24N2O5S. The van der Waals surface area contributed by atoms with Gasteiger partial charge in [-0.25, -0.2) is 8.42 Å². The van der Waals surface area contributed by atoms with Crippen molar-refractivity contribution in [3.8, 4) is 11.5 Å². The SMILES string of the molecule is COc1ccc(NC(=O)[C@@H](Cc2ccccc2)NS(=O)(=O)c2ccccc2)cc1OC. The van der Waals surface area contributed by atoms with Crippen molar-refractivity contribution in [2.24, 2.45) is 0 Å². The maximum Gasteiger partial charge on any atom is 0.242 e. The zero-order chi connectivity index (χ0) is 22.3. The van der Waals surface area contributed by atoms with Gasteiger partial charge in [0, 0.05) is 11.8 Å². The minimum Gasteiger partial charge on any atom is -0.493 e. The van der Waals surface area contributed by atoms with E-state index in [-0.39, 0.29) is 11.3 Å². The molecule has 0 saturated carbocycles. The smallest absolute Gasteiger partial charge is 0.242 e. The lowest BCUT2D eigenvalue weighted by Crippen LogP contribution is -2.45. The number of ether oxygens (including phenoxy) is 2. The monoisotopic (exact) mass is 440 g/mol. The van der Waals surface area contributed by atoms with Gasteiger partial charge in [-0.2, -0.15) is 4.72 Å². The highest BCUT2D eigenvalue weighted by molar-refractivity contribution is 7.89. The quantitative estimate of drug-likeness (QED) is 0.533. The van der Waals surface area contributed by atoms with Crippen LogP contribution in [0.25, 0.3) is 0 Å². The molecule has 7 nitrogen and oxygen atoms in total. The maximum atomic E-state index is 13.1. The van der Waals surface area contributed by atoms with Crippen LogP contribution < -0.4 is 19.5 Å². The molecule has 0 spiro atoms. The Kier molecular flexibility index (Phi) is 7.28. The summed E-state index contributed by atoms with van der Waals surface area (Å²) >= 11 is 0. The van der Waals surface area contributed by atoms with Crippen LogP contribution in [0.4, 0.5) is 5.69 Å². The Morgan fingerprint density at radius 3 is 2.10 bits per heavy atom. The molecule has 0 aliphatic rings. The first-order valence-electron chi connectivity index (χ1n) is 9.57. The normalized spacial score (nSPS) is 12.1. The molecule has 1 amide bonds. The van der Waals surface area contributed by atoms with E-state index >= 15 is 0 Å². The van der Waals surface area contributed by atoms with E-state index in [2.05, 4.69) is 10.0 Å². The minimum absolute atomic E-state index is 0.0898. The van der Waals surface area contributed by atoms with Gasteiger partial charge in [-0.05, 0) is 36.2 Å². The van der Waals surface area contributed by atoms with Crippen LogP contribution >= 0.6 is 0 Å². The molecule has 0 saturated heterocycles. The summed E-state index contributed by atoms with van der Waals surface area (Å²) in [6.45, 7) is 0. The van der Waals surface area contributed by atoms with Crippen LogP contribution in [0.2, 0.25) is 0 Å². The van der Waals surface area contributed by atoms with Gasteiger partial charge in [-0.1, -0.05) is 48.5 Å². The molecule has 8 heteroatoms. The van der Waals surface area contributed by atoms with Gasteiger partial charge >= 0.3 is 0 Å². The Morgan fingerprint density at radius 2 is 1.48 bits per heavy atom. The summed E-state index contributed by atoms with van der Waals surface area (Å²) in [5.41, 5.74) is 1.28. The van der Waals surface area contributed by atoms with E-state index in [0.29, 0.717) is 17.2 Å². The van der Waals surface area contributed by atoms with Crippen LogP contribution in [0, 0.1) is 0 Å². The molecular weight excluding hydrogens is 416 g/mol. The van der Waals surface area contributed by atoms with Gasteiger partial charge in [0.25, 0.3) is 0 Å². The highest BCUT2D eigenvalue weighted by atomic mass is 32.2. The van der Waals surface area contributed by atoms with Crippen LogP contribution in [0.3, 0.4) is 0 Å². The third-order valence-electron chi connectivity index (χ3n) is 4.60.